The fraction of sp³-hybridized carbons (Fsp3) is 0.800. The van der Waals surface area contributed by atoms with Crippen LogP contribution in [0.5, 0.6) is 0 Å². The summed E-state index contributed by atoms with van der Waals surface area (Å²) in [6.45, 7) is 9.94. The van der Waals surface area contributed by atoms with Crippen LogP contribution in [0.15, 0.2) is 12.3 Å². The predicted molar refractivity (Wildman–Crippen MR) is 75.7 cm³/mol. The largest absolute Gasteiger partial charge is 0.314 e. The van der Waals surface area contributed by atoms with Crippen molar-refractivity contribution in [2.45, 2.75) is 65.5 Å². The van der Waals surface area contributed by atoms with Gasteiger partial charge in [0.05, 0.1) is 5.69 Å². The molecule has 0 aliphatic heterocycles. The van der Waals surface area contributed by atoms with Crippen LogP contribution in [0.2, 0.25) is 0 Å². The number of nitrogens with one attached hydrogen (secondary N) is 1. The van der Waals surface area contributed by atoms with Crippen LogP contribution in [0.3, 0.4) is 0 Å². The Bertz CT molecular complexity index is 375. The molecule has 1 heterocycles. The van der Waals surface area contributed by atoms with Gasteiger partial charge in [0.15, 0.2) is 0 Å². The third-order valence-corrected chi connectivity index (χ3v) is 4.05. The van der Waals surface area contributed by atoms with Crippen molar-refractivity contribution in [1.82, 2.24) is 15.1 Å². The molecule has 1 saturated carbocycles. The predicted octanol–water partition coefficient (Wildman–Crippen LogP) is 3.17. The van der Waals surface area contributed by atoms with Crippen molar-refractivity contribution in [2.75, 3.05) is 6.54 Å². The molecule has 1 aromatic rings. The van der Waals surface area contributed by atoms with Crippen molar-refractivity contribution in [3.63, 3.8) is 0 Å². The highest BCUT2D eigenvalue weighted by Gasteiger charge is 2.37. The molecule has 3 nitrogen and oxygen atoms in total. The quantitative estimate of drug-likeness (QED) is 0.839. The Hall–Kier alpha value is -0.830. The van der Waals surface area contributed by atoms with Gasteiger partial charge >= 0.3 is 0 Å². The van der Waals surface area contributed by atoms with Gasteiger partial charge in [0.1, 0.15) is 0 Å². The first-order valence-electron chi connectivity index (χ1n) is 7.28. The van der Waals surface area contributed by atoms with Gasteiger partial charge in [-0.2, -0.15) is 5.10 Å². The summed E-state index contributed by atoms with van der Waals surface area (Å²) >= 11 is 0. The second kappa shape index (κ2) is 5.43. The molecule has 102 valence electrons. The first-order valence-corrected chi connectivity index (χ1v) is 7.28. The van der Waals surface area contributed by atoms with E-state index in [0.29, 0.717) is 17.5 Å². The van der Waals surface area contributed by atoms with Crippen LogP contribution in [-0.2, 0) is 6.42 Å². The fourth-order valence-corrected chi connectivity index (χ4v) is 2.66. The van der Waals surface area contributed by atoms with Crippen LogP contribution < -0.4 is 5.32 Å². The van der Waals surface area contributed by atoms with Crippen molar-refractivity contribution < 1.29 is 0 Å². The Morgan fingerprint density at radius 2 is 2.06 bits per heavy atom. The standard InChI is InChI=1S/C15H27N3/c1-12(2)16-11-15(7-5-8-15)10-14-6-9-18(17-14)13(3)4/h6,9,12-13,16H,5,7-8,10-11H2,1-4H3. The Kier molecular flexibility index (Phi) is 4.10. The van der Waals surface area contributed by atoms with Crippen LogP contribution in [0.4, 0.5) is 0 Å². The van der Waals surface area contributed by atoms with Gasteiger partial charge in [-0.3, -0.25) is 4.68 Å². The summed E-state index contributed by atoms with van der Waals surface area (Å²) in [7, 11) is 0. The van der Waals surface area contributed by atoms with Crippen molar-refractivity contribution in [3.8, 4) is 0 Å². The second-order valence-electron chi connectivity index (χ2n) is 6.45. The smallest absolute Gasteiger partial charge is 0.0630 e. The lowest BCUT2D eigenvalue weighted by Gasteiger charge is -2.42. The molecule has 1 aliphatic carbocycles. The lowest BCUT2D eigenvalue weighted by atomic mass is 9.66. The fourth-order valence-electron chi connectivity index (χ4n) is 2.66. The lowest BCUT2D eigenvalue weighted by Crippen LogP contribution is -2.43. The molecule has 1 fully saturated rings. The molecule has 0 amide bonds. The van der Waals surface area contributed by atoms with E-state index < -0.39 is 0 Å². The Morgan fingerprint density at radius 1 is 1.33 bits per heavy atom. The Balaban J connectivity index is 1.96. The van der Waals surface area contributed by atoms with Crippen molar-refractivity contribution in [1.29, 1.82) is 0 Å². The van der Waals surface area contributed by atoms with Gasteiger partial charge in [0.2, 0.25) is 0 Å². The molecule has 0 spiro atoms. The molecule has 2 rings (SSSR count). The highest BCUT2D eigenvalue weighted by Crippen LogP contribution is 2.43. The van der Waals surface area contributed by atoms with Gasteiger partial charge in [-0.05, 0) is 44.6 Å². The van der Waals surface area contributed by atoms with Crippen LogP contribution in [0.1, 0.15) is 58.7 Å². The van der Waals surface area contributed by atoms with E-state index in [1.807, 2.05) is 0 Å². The first kappa shape index (κ1) is 13.6. The summed E-state index contributed by atoms with van der Waals surface area (Å²) in [6.07, 6.45) is 7.32. The van der Waals surface area contributed by atoms with E-state index in [2.05, 4.69) is 50.0 Å². The monoisotopic (exact) mass is 249 g/mol. The van der Waals surface area contributed by atoms with Gasteiger partial charge in [-0.15, -0.1) is 0 Å². The average molecular weight is 249 g/mol. The van der Waals surface area contributed by atoms with E-state index in [4.69, 9.17) is 5.10 Å². The molecule has 0 atom stereocenters. The molecule has 0 radical (unpaired) electrons. The second-order valence-corrected chi connectivity index (χ2v) is 6.45. The maximum absolute atomic E-state index is 4.69. The van der Waals surface area contributed by atoms with Crippen LogP contribution in [-0.4, -0.2) is 22.4 Å². The zero-order valence-corrected chi connectivity index (χ0v) is 12.2. The Morgan fingerprint density at radius 3 is 2.50 bits per heavy atom. The maximum Gasteiger partial charge on any atom is 0.0630 e. The van der Waals surface area contributed by atoms with Crippen LogP contribution >= 0.6 is 0 Å². The summed E-state index contributed by atoms with van der Waals surface area (Å²) in [6, 6.07) is 3.23. The van der Waals surface area contributed by atoms with E-state index in [9.17, 15) is 0 Å². The van der Waals surface area contributed by atoms with E-state index in [1.165, 1.54) is 25.0 Å². The summed E-state index contributed by atoms with van der Waals surface area (Å²) in [5.41, 5.74) is 1.73. The third kappa shape index (κ3) is 3.14. The molecule has 0 aromatic carbocycles. The zero-order chi connectivity index (χ0) is 13.2. The van der Waals surface area contributed by atoms with E-state index in [0.717, 1.165) is 13.0 Å². The third-order valence-electron chi connectivity index (χ3n) is 4.05. The molecule has 1 aromatic heterocycles. The molecule has 0 bridgehead atoms. The minimum Gasteiger partial charge on any atom is -0.314 e. The molecule has 18 heavy (non-hydrogen) atoms. The van der Waals surface area contributed by atoms with Gasteiger partial charge < -0.3 is 5.32 Å². The molecule has 1 aliphatic rings. The number of aromatic nitrogens is 2. The molecule has 0 unspecified atom stereocenters. The first-order chi connectivity index (χ1) is 8.51. The highest BCUT2D eigenvalue weighted by molar-refractivity contribution is 5.06. The maximum atomic E-state index is 4.69. The van der Waals surface area contributed by atoms with Crippen molar-refractivity contribution in [2.24, 2.45) is 5.41 Å². The lowest BCUT2D eigenvalue weighted by molar-refractivity contribution is 0.125. The molecular weight excluding hydrogens is 222 g/mol. The SMILES string of the molecule is CC(C)NCC1(Cc2ccn(C(C)C)n2)CCC1. The summed E-state index contributed by atoms with van der Waals surface area (Å²) < 4.78 is 2.07. The van der Waals surface area contributed by atoms with Crippen LogP contribution in [0.25, 0.3) is 0 Å². The van der Waals surface area contributed by atoms with Gasteiger partial charge in [0, 0.05) is 24.8 Å². The number of hydrogen-bond donors (Lipinski definition) is 1. The van der Waals surface area contributed by atoms with Gasteiger partial charge in [-0.1, -0.05) is 20.3 Å². The number of rotatable bonds is 6. The Labute approximate surface area is 111 Å². The summed E-state index contributed by atoms with van der Waals surface area (Å²) in [5.74, 6) is 0. The molecule has 1 N–H and O–H groups in total. The number of nitrogens with zero attached hydrogens (tertiary/aromatic N) is 2. The number of hydrogen-bond acceptors (Lipinski definition) is 2. The molecule has 0 saturated heterocycles. The minimum atomic E-state index is 0.463. The van der Waals surface area contributed by atoms with Gasteiger partial charge in [-0.25, -0.2) is 0 Å². The van der Waals surface area contributed by atoms with Crippen LogP contribution in [0, 0.1) is 5.41 Å². The van der Waals surface area contributed by atoms with E-state index in [-0.39, 0.29) is 0 Å². The van der Waals surface area contributed by atoms with Crippen molar-refractivity contribution >= 4 is 0 Å². The minimum absolute atomic E-state index is 0.463. The normalized spacial score (nSPS) is 18.3. The van der Waals surface area contributed by atoms with E-state index >= 15 is 0 Å². The summed E-state index contributed by atoms with van der Waals surface area (Å²) in [5, 5.41) is 8.30. The zero-order valence-electron chi connectivity index (χ0n) is 12.2. The summed E-state index contributed by atoms with van der Waals surface area (Å²) in [4.78, 5) is 0. The van der Waals surface area contributed by atoms with Gasteiger partial charge in [0.25, 0.3) is 0 Å². The van der Waals surface area contributed by atoms with E-state index in [1.54, 1.807) is 0 Å². The average Bonchev–Trinajstić information content (AvgIpc) is 2.70. The topological polar surface area (TPSA) is 29.9 Å². The molecular formula is C15H27N3. The highest BCUT2D eigenvalue weighted by atomic mass is 15.3. The van der Waals surface area contributed by atoms with Crippen molar-refractivity contribution in [3.05, 3.63) is 18.0 Å². The molecule has 3 heteroatoms.